The van der Waals surface area contributed by atoms with Gasteiger partial charge in [0.25, 0.3) is 0 Å². The number of hydrogen-bond acceptors (Lipinski definition) is 4. The molecular formula is C16H15NO4. The van der Waals surface area contributed by atoms with Gasteiger partial charge in [0, 0.05) is 0 Å². The zero-order chi connectivity index (χ0) is 15.2. The Morgan fingerprint density at radius 3 is 2.48 bits per heavy atom. The summed E-state index contributed by atoms with van der Waals surface area (Å²) in [5.74, 6) is -0.546. The Balaban J connectivity index is 2.00. The van der Waals surface area contributed by atoms with Gasteiger partial charge in [0.1, 0.15) is 12.4 Å². The van der Waals surface area contributed by atoms with Crippen molar-refractivity contribution in [1.82, 2.24) is 0 Å². The normalized spacial score (nSPS) is 9.95. The molecule has 0 aliphatic carbocycles. The zero-order valence-corrected chi connectivity index (χ0v) is 11.5. The van der Waals surface area contributed by atoms with Gasteiger partial charge in [0.2, 0.25) is 0 Å². The molecule has 2 rings (SSSR count). The molecule has 0 aliphatic rings. The number of aromatic hydroxyl groups is 1. The number of rotatable bonds is 4. The Bertz CT molecular complexity index is 653. The van der Waals surface area contributed by atoms with E-state index in [1.165, 1.54) is 19.1 Å². The molecule has 1 amide bonds. The van der Waals surface area contributed by atoms with E-state index in [0.717, 1.165) is 5.56 Å². The Hall–Kier alpha value is -2.82. The van der Waals surface area contributed by atoms with Crippen LogP contribution < -0.4 is 5.32 Å². The van der Waals surface area contributed by atoms with Crippen LogP contribution in [0.1, 0.15) is 22.8 Å². The van der Waals surface area contributed by atoms with Crippen LogP contribution in [0.3, 0.4) is 0 Å². The second-order valence-electron chi connectivity index (χ2n) is 4.44. The minimum atomic E-state index is -0.699. The standard InChI is InChI=1S/C16H15NO4/c1-11(18)13-8-5-9-14(15(13)19)17-16(20)21-10-12-6-3-2-4-7-12/h2-9,19H,10H2,1H3,(H,17,20). The molecule has 108 valence electrons. The molecule has 2 N–H and O–H groups in total. The van der Waals surface area contributed by atoms with Crippen LogP contribution in [-0.2, 0) is 11.3 Å². The molecule has 0 radical (unpaired) electrons. The van der Waals surface area contributed by atoms with Crippen molar-refractivity contribution in [3.05, 3.63) is 59.7 Å². The average Bonchev–Trinajstić information content (AvgIpc) is 2.48. The van der Waals surface area contributed by atoms with Crippen molar-refractivity contribution in [1.29, 1.82) is 0 Å². The first kappa shape index (κ1) is 14.6. The monoisotopic (exact) mass is 285 g/mol. The summed E-state index contributed by atoms with van der Waals surface area (Å²) >= 11 is 0. The number of phenols is 1. The topological polar surface area (TPSA) is 75.6 Å². The van der Waals surface area contributed by atoms with E-state index in [1.54, 1.807) is 6.07 Å². The minimum absolute atomic E-state index is 0.125. The highest BCUT2D eigenvalue weighted by Crippen LogP contribution is 2.27. The highest BCUT2D eigenvalue weighted by atomic mass is 16.5. The number of Topliss-reactive ketones (excluding diaryl/α,β-unsaturated/α-hetero) is 1. The molecular weight excluding hydrogens is 270 g/mol. The lowest BCUT2D eigenvalue weighted by molar-refractivity contribution is 0.101. The third kappa shape index (κ3) is 3.82. The van der Waals surface area contributed by atoms with Crippen molar-refractivity contribution < 1.29 is 19.4 Å². The molecule has 0 fully saturated rings. The van der Waals surface area contributed by atoms with Crippen LogP contribution in [0.2, 0.25) is 0 Å². The fourth-order valence-corrected chi connectivity index (χ4v) is 1.80. The Labute approximate surface area is 122 Å². The number of hydrogen-bond donors (Lipinski definition) is 2. The molecule has 2 aromatic carbocycles. The summed E-state index contributed by atoms with van der Waals surface area (Å²) < 4.78 is 5.04. The molecule has 0 aromatic heterocycles. The molecule has 0 unspecified atom stereocenters. The molecule has 0 aliphatic heterocycles. The third-order valence-electron chi connectivity index (χ3n) is 2.86. The van der Waals surface area contributed by atoms with Gasteiger partial charge in [-0.2, -0.15) is 0 Å². The molecule has 0 saturated heterocycles. The fourth-order valence-electron chi connectivity index (χ4n) is 1.80. The van der Waals surface area contributed by atoms with Crippen molar-refractivity contribution in [2.24, 2.45) is 0 Å². The van der Waals surface area contributed by atoms with Crippen LogP contribution in [0.4, 0.5) is 10.5 Å². The van der Waals surface area contributed by atoms with E-state index in [4.69, 9.17) is 4.74 Å². The van der Waals surface area contributed by atoms with Gasteiger partial charge in [-0.3, -0.25) is 10.1 Å². The summed E-state index contributed by atoms with van der Waals surface area (Å²) in [7, 11) is 0. The van der Waals surface area contributed by atoms with Gasteiger partial charge in [-0.05, 0) is 24.6 Å². The average molecular weight is 285 g/mol. The number of ketones is 1. The SMILES string of the molecule is CC(=O)c1cccc(NC(=O)OCc2ccccc2)c1O. The number of para-hydroxylation sites is 1. The summed E-state index contributed by atoms with van der Waals surface area (Å²) in [5.41, 5.74) is 1.14. The first-order valence-corrected chi connectivity index (χ1v) is 6.38. The highest BCUT2D eigenvalue weighted by Gasteiger charge is 2.13. The summed E-state index contributed by atoms with van der Waals surface area (Å²) in [6.45, 7) is 1.46. The number of phenolic OH excluding ortho intramolecular Hbond substituents is 1. The summed E-state index contributed by atoms with van der Waals surface area (Å²) in [6, 6.07) is 13.8. The molecule has 2 aromatic rings. The molecule has 21 heavy (non-hydrogen) atoms. The number of anilines is 1. The first-order valence-electron chi connectivity index (χ1n) is 6.38. The smallest absolute Gasteiger partial charge is 0.412 e. The van der Waals surface area contributed by atoms with Crippen LogP contribution >= 0.6 is 0 Å². The van der Waals surface area contributed by atoms with Crippen molar-refractivity contribution in [3.8, 4) is 5.75 Å². The van der Waals surface area contributed by atoms with Crippen molar-refractivity contribution >= 4 is 17.6 Å². The maximum Gasteiger partial charge on any atom is 0.412 e. The molecule has 0 heterocycles. The second kappa shape index (κ2) is 6.56. The predicted molar refractivity (Wildman–Crippen MR) is 78.4 cm³/mol. The minimum Gasteiger partial charge on any atom is -0.505 e. The molecule has 5 heteroatoms. The van der Waals surface area contributed by atoms with E-state index in [9.17, 15) is 14.7 Å². The number of nitrogens with one attached hydrogen (secondary N) is 1. The van der Waals surface area contributed by atoms with Crippen molar-refractivity contribution in [2.45, 2.75) is 13.5 Å². The van der Waals surface area contributed by atoms with Gasteiger partial charge in [0.15, 0.2) is 5.78 Å². The molecule has 0 bridgehead atoms. The lowest BCUT2D eigenvalue weighted by Crippen LogP contribution is -2.14. The van der Waals surface area contributed by atoms with Crippen molar-refractivity contribution in [3.63, 3.8) is 0 Å². The van der Waals surface area contributed by atoms with Gasteiger partial charge >= 0.3 is 6.09 Å². The Kier molecular flexibility index (Phi) is 4.56. The zero-order valence-electron chi connectivity index (χ0n) is 11.5. The van der Waals surface area contributed by atoms with E-state index < -0.39 is 6.09 Å². The van der Waals surface area contributed by atoms with Crippen molar-refractivity contribution in [2.75, 3.05) is 5.32 Å². The van der Waals surface area contributed by atoms with E-state index in [0.29, 0.717) is 0 Å². The fraction of sp³-hybridized carbons (Fsp3) is 0.125. The van der Waals surface area contributed by atoms with Crippen LogP contribution in [-0.4, -0.2) is 17.0 Å². The number of benzene rings is 2. The largest absolute Gasteiger partial charge is 0.505 e. The second-order valence-corrected chi connectivity index (χ2v) is 4.44. The van der Waals surface area contributed by atoms with E-state index >= 15 is 0 Å². The first-order chi connectivity index (χ1) is 10.1. The van der Waals surface area contributed by atoms with Gasteiger partial charge in [-0.15, -0.1) is 0 Å². The van der Waals surface area contributed by atoms with Gasteiger partial charge in [-0.25, -0.2) is 4.79 Å². The van der Waals surface area contributed by atoms with Crippen LogP contribution in [0.25, 0.3) is 0 Å². The van der Waals surface area contributed by atoms with E-state index in [2.05, 4.69) is 5.32 Å². The van der Waals surface area contributed by atoms with Crippen LogP contribution in [0.15, 0.2) is 48.5 Å². The molecule has 0 atom stereocenters. The van der Waals surface area contributed by atoms with Crippen LogP contribution in [0.5, 0.6) is 5.75 Å². The number of ether oxygens (including phenoxy) is 1. The highest BCUT2D eigenvalue weighted by molar-refractivity contribution is 6.00. The van der Waals surface area contributed by atoms with E-state index in [-0.39, 0.29) is 29.4 Å². The van der Waals surface area contributed by atoms with Gasteiger partial charge in [-0.1, -0.05) is 36.4 Å². The number of carbonyl (C=O) groups is 2. The van der Waals surface area contributed by atoms with E-state index in [1.807, 2.05) is 30.3 Å². The third-order valence-corrected chi connectivity index (χ3v) is 2.86. The number of carbonyl (C=O) groups excluding carboxylic acids is 2. The summed E-state index contributed by atoms with van der Waals surface area (Å²) in [5, 5.41) is 12.3. The Morgan fingerprint density at radius 2 is 1.81 bits per heavy atom. The summed E-state index contributed by atoms with van der Waals surface area (Å²) in [4.78, 5) is 23.0. The summed E-state index contributed by atoms with van der Waals surface area (Å²) in [6.07, 6.45) is -0.699. The van der Waals surface area contributed by atoms with Gasteiger partial charge < -0.3 is 9.84 Å². The molecule has 5 nitrogen and oxygen atoms in total. The maximum absolute atomic E-state index is 11.7. The Morgan fingerprint density at radius 1 is 1.10 bits per heavy atom. The lowest BCUT2D eigenvalue weighted by atomic mass is 10.1. The predicted octanol–water partition coefficient (Wildman–Crippen LogP) is 3.34. The maximum atomic E-state index is 11.7. The molecule has 0 spiro atoms. The molecule has 0 saturated carbocycles. The van der Waals surface area contributed by atoms with Gasteiger partial charge in [0.05, 0.1) is 11.3 Å². The quantitative estimate of drug-likeness (QED) is 0.667. The number of amides is 1. The lowest BCUT2D eigenvalue weighted by Gasteiger charge is -2.10. The van der Waals surface area contributed by atoms with Crippen LogP contribution in [0, 0.1) is 0 Å².